The summed E-state index contributed by atoms with van der Waals surface area (Å²) < 4.78 is 2.13. The molecule has 2 aromatic rings. The number of aliphatic hydroxyl groups excluding tert-OH is 1. The minimum absolute atomic E-state index is 0.327. The summed E-state index contributed by atoms with van der Waals surface area (Å²) >= 11 is 0. The van der Waals surface area contributed by atoms with E-state index >= 15 is 0 Å². The first-order valence-electron chi connectivity index (χ1n) is 6.50. The molecule has 0 radical (unpaired) electrons. The Balaban J connectivity index is 2.62. The maximum Gasteiger partial charge on any atom is 0.138 e. The first kappa shape index (κ1) is 12.9. The van der Waals surface area contributed by atoms with E-state index in [9.17, 15) is 5.11 Å². The van der Waals surface area contributed by atoms with Gasteiger partial charge in [0.1, 0.15) is 11.9 Å². The number of hydrogen-bond donors (Lipinski definition) is 2. The highest BCUT2D eigenvalue weighted by atomic mass is 16.3. The van der Waals surface area contributed by atoms with E-state index in [4.69, 9.17) is 5.73 Å². The van der Waals surface area contributed by atoms with Gasteiger partial charge >= 0.3 is 0 Å². The fourth-order valence-corrected chi connectivity index (χ4v) is 2.44. The van der Waals surface area contributed by atoms with Crippen molar-refractivity contribution in [3.63, 3.8) is 0 Å². The molecular weight excluding hydrogens is 226 g/mol. The topological polar surface area (TPSA) is 64.1 Å². The van der Waals surface area contributed by atoms with Crippen LogP contribution in [0.1, 0.15) is 51.6 Å². The van der Waals surface area contributed by atoms with Gasteiger partial charge in [-0.15, -0.1) is 0 Å². The van der Waals surface area contributed by atoms with Gasteiger partial charge in [0.2, 0.25) is 0 Å². The predicted molar refractivity (Wildman–Crippen MR) is 74.4 cm³/mol. The molecule has 0 amide bonds. The minimum atomic E-state index is -0.571. The number of nitrogen functional groups attached to an aromatic ring is 1. The van der Waals surface area contributed by atoms with Gasteiger partial charge in [-0.3, -0.25) is 0 Å². The first-order valence-corrected chi connectivity index (χ1v) is 6.50. The molecule has 0 aliphatic heterocycles. The van der Waals surface area contributed by atoms with Crippen LogP contribution in [0.4, 0.5) is 5.69 Å². The molecule has 2 atom stereocenters. The maximum absolute atomic E-state index is 9.88. The van der Waals surface area contributed by atoms with Crippen LogP contribution in [0.5, 0.6) is 0 Å². The second-order valence-corrected chi connectivity index (χ2v) is 4.90. The van der Waals surface area contributed by atoms with Crippen LogP contribution >= 0.6 is 0 Å². The molecule has 1 aromatic heterocycles. The van der Waals surface area contributed by atoms with E-state index in [1.165, 1.54) is 0 Å². The summed E-state index contributed by atoms with van der Waals surface area (Å²) in [5, 5.41) is 9.88. The Kier molecular flexibility index (Phi) is 3.57. The van der Waals surface area contributed by atoms with E-state index in [1.54, 1.807) is 6.92 Å². The Morgan fingerprint density at radius 3 is 2.72 bits per heavy atom. The van der Waals surface area contributed by atoms with Crippen molar-refractivity contribution in [2.45, 2.75) is 45.8 Å². The highest BCUT2D eigenvalue weighted by molar-refractivity contribution is 5.79. The van der Waals surface area contributed by atoms with Gasteiger partial charge in [-0.05, 0) is 38.5 Å². The standard InChI is InChI=1S/C14H21N3O/c1-4-5-9(2)17-13-7-6-11(15)8-12(13)16-14(17)10(3)18/h6-10,18H,4-5,15H2,1-3H3. The van der Waals surface area contributed by atoms with Crippen LogP contribution in [-0.2, 0) is 0 Å². The van der Waals surface area contributed by atoms with E-state index in [-0.39, 0.29) is 0 Å². The molecule has 0 aliphatic rings. The zero-order valence-electron chi connectivity index (χ0n) is 11.2. The van der Waals surface area contributed by atoms with Crippen molar-refractivity contribution in [1.29, 1.82) is 0 Å². The Bertz CT molecular complexity index is 545. The van der Waals surface area contributed by atoms with Gasteiger partial charge in [0.05, 0.1) is 11.0 Å². The van der Waals surface area contributed by atoms with Crippen LogP contribution in [-0.4, -0.2) is 14.7 Å². The average molecular weight is 247 g/mol. The Morgan fingerprint density at radius 2 is 2.11 bits per heavy atom. The largest absolute Gasteiger partial charge is 0.399 e. The predicted octanol–water partition coefficient (Wildman–Crippen LogP) is 3.03. The summed E-state index contributed by atoms with van der Waals surface area (Å²) in [6.45, 7) is 6.07. The lowest BCUT2D eigenvalue weighted by Crippen LogP contribution is -2.11. The van der Waals surface area contributed by atoms with Gasteiger partial charge in [0.25, 0.3) is 0 Å². The molecule has 1 heterocycles. The number of nitrogens with two attached hydrogens (primary N) is 1. The number of nitrogens with zero attached hydrogens (tertiary/aromatic N) is 2. The van der Waals surface area contributed by atoms with E-state index in [0.717, 1.165) is 29.7 Å². The monoisotopic (exact) mass is 247 g/mol. The number of aliphatic hydroxyl groups is 1. The summed E-state index contributed by atoms with van der Waals surface area (Å²) in [6.07, 6.45) is 1.60. The minimum Gasteiger partial charge on any atom is -0.399 e. The molecule has 98 valence electrons. The molecule has 2 rings (SSSR count). The van der Waals surface area contributed by atoms with E-state index < -0.39 is 6.10 Å². The molecule has 0 bridgehead atoms. The van der Waals surface area contributed by atoms with Crippen LogP contribution in [0.2, 0.25) is 0 Å². The van der Waals surface area contributed by atoms with E-state index in [1.807, 2.05) is 18.2 Å². The van der Waals surface area contributed by atoms with Gasteiger partial charge in [-0.2, -0.15) is 0 Å². The highest BCUT2D eigenvalue weighted by Gasteiger charge is 2.18. The number of fused-ring (bicyclic) bond motifs is 1. The van der Waals surface area contributed by atoms with Crippen molar-refractivity contribution in [3.05, 3.63) is 24.0 Å². The number of hydrogen-bond acceptors (Lipinski definition) is 3. The van der Waals surface area contributed by atoms with Gasteiger partial charge in [-0.1, -0.05) is 13.3 Å². The summed E-state index contributed by atoms with van der Waals surface area (Å²) in [5.74, 6) is 0.719. The number of rotatable bonds is 4. The van der Waals surface area contributed by atoms with Crippen molar-refractivity contribution < 1.29 is 5.11 Å². The van der Waals surface area contributed by atoms with Crippen molar-refractivity contribution >= 4 is 16.7 Å². The lowest BCUT2D eigenvalue weighted by molar-refractivity contribution is 0.181. The molecule has 1 aromatic carbocycles. The van der Waals surface area contributed by atoms with Crippen molar-refractivity contribution in [2.75, 3.05) is 5.73 Å². The summed E-state index contributed by atoms with van der Waals surface area (Å²) in [4.78, 5) is 4.51. The zero-order chi connectivity index (χ0) is 13.3. The Hall–Kier alpha value is -1.55. The number of imidazole rings is 1. The smallest absolute Gasteiger partial charge is 0.138 e. The van der Waals surface area contributed by atoms with Crippen LogP contribution in [0, 0.1) is 0 Å². The fraction of sp³-hybridized carbons (Fsp3) is 0.500. The Labute approximate surface area is 107 Å². The molecule has 4 nitrogen and oxygen atoms in total. The molecule has 0 aliphatic carbocycles. The van der Waals surface area contributed by atoms with Crippen molar-refractivity contribution in [1.82, 2.24) is 9.55 Å². The lowest BCUT2D eigenvalue weighted by atomic mass is 10.1. The summed E-state index contributed by atoms with van der Waals surface area (Å²) in [7, 11) is 0. The van der Waals surface area contributed by atoms with Gasteiger partial charge < -0.3 is 15.4 Å². The van der Waals surface area contributed by atoms with Gasteiger partial charge in [0.15, 0.2) is 0 Å². The number of aromatic nitrogens is 2. The molecular formula is C14H21N3O. The van der Waals surface area contributed by atoms with Crippen molar-refractivity contribution in [3.8, 4) is 0 Å². The lowest BCUT2D eigenvalue weighted by Gasteiger charge is -2.18. The average Bonchev–Trinajstić information content (AvgIpc) is 2.67. The van der Waals surface area contributed by atoms with Crippen LogP contribution in [0.25, 0.3) is 11.0 Å². The second-order valence-electron chi connectivity index (χ2n) is 4.90. The van der Waals surface area contributed by atoms with Gasteiger partial charge in [0, 0.05) is 11.7 Å². The molecule has 3 N–H and O–H groups in total. The third kappa shape index (κ3) is 2.20. The molecule has 0 fully saturated rings. The second kappa shape index (κ2) is 4.98. The van der Waals surface area contributed by atoms with Crippen LogP contribution in [0.15, 0.2) is 18.2 Å². The molecule has 2 unspecified atom stereocenters. The van der Waals surface area contributed by atoms with Gasteiger partial charge in [-0.25, -0.2) is 4.98 Å². The summed E-state index contributed by atoms with van der Waals surface area (Å²) in [5.41, 5.74) is 8.38. The number of anilines is 1. The molecule has 4 heteroatoms. The Morgan fingerprint density at radius 1 is 1.39 bits per heavy atom. The van der Waals surface area contributed by atoms with Crippen LogP contribution < -0.4 is 5.73 Å². The SMILES string of the molecule is CCCC(C)n1c(C(C)O)nc2cc(N)ccc21. The van der Waals surface area contributed by atoms with E-state index in [2.05, 4.69) is 23.4 Å². The maximum atomic E-state index is 9.88. The molecule has 0 saturated carbocycles. The normalized spacial score (nSPS) is 14.9. The summed E-state index contributed by atoms with van der Waals surface area (Å²) in [6, 6.07) is 6.05. The first-order chi connectivity index (χ1) is 8.54. The van der Waals surface area contributed by atoms with E-state index in [0.29, 0.717) is 11.7 Å². The molecule has 18 heavy (non-hydrogen) atoms. The highest BCUT2D eigenvalue weighted by Crippen LogP contribution is 2.28. The zero-order valence-corrected chi connectivity index (χ0v) is 11.2. The number of benzene rings is 1. The third-order valence-corrected chi connectivity index (χ3v) is 3.26. The van der Waals surface area contributed by atoms with Crippen LogP contribution in [0.3, 0.4) is 0 Å². The molecule has 0 spiro atoms. The quantitative estimate of drug-likeness (QED) is 0.816. The third-order valence-electron chi connectivity index (χ3n) is 3.26. The fourth-order valence-electron chi connectivity index (χ4n) is 2.44. The van der Waals surface area contributed by atoms with Crippen molar-refractivity contribution in [2.24, 2.45) is 0 Å². The molecule has 0 saturated heterocycles.